The minimum absolute atomic E-state index is 0.159. The lowest BCUT2D eigenvalue weighted by molar-refractivity contribution is -0.280. The van der Waals surface area contributed by atoms with E-state index in [1.807, 2.05) is 20.8 Å². The molecule has 6 N–H and O–H groups in total. The van der Waals surface area contributed by atoms with Gasteiger partial charge < -0.3 is 34.9 Å². The molecule has 0 spiro atoms. The number of ether oxygens (including phenoxy) is 1. The Hall–Kier alpha value is -0.200. The van der Waals surface area contributed by atoms with Crippen LogP contribution in [0.15, 0.2) is 11.6 Å². The van der Waals surface area contributed by atoms with Gasteiger partial charge in [-0.2, -0.15) is 4.31 Å². The van der Waals surface area contributed by atoms with Gasteiger partial charge in [0.05, 0.1) is 13.2 Å². The molecule has 0 aliphatic carbocycles. The molecule has 0 aromatic rings. The molecule has 1 aliphatic rings. The summed E-state index contributed by atoms with van der Waals surface area (Å²) >= 11 is 0. The third-order valence-corrected chi connectivity index (χ3v) is 7.00. The first kappa shape index (κ1) is 27.8. The fourth-order valence-corrected chi connectivity index (χ4v) is 4.79. The first-order valence-corrected chi connectivity index (χ1v) is 12.4. The molecule has 0 radical (unpaired) electrons. The average Bonchev–Trinajstić information content (AvgIpc) is 2.60. The van der Waals surface area contributed by atoms with Crippen molar-refractivity contribution in [2.75, 3.05) is 13.2 Å². The Kier molecular flexibility index (Phi) is 11.3. The zero-order chi connectivity index (χ0) is 23.1. The van der Waals surface area contributed by atoms with E-state index in [2.05, 4.69) is 19.4 Å². The van der Waals surface area contributed by atoms with E-state index in [4.69, 9.17) is 9.84 Å². The molecule has 0 bridgehead atoms. The first-order valence-electron chi connectivity index (χ1n) is 9.41. The van der Waals surface area contributed by atoms with Gasteiger partial charge in [-0.15, -0.1) is 0 Å². The summed E-state index contributed by atoms with van der Waals surface area (Å²) in [5.41, 5.74) is 1.19. The summed E-state index contributed by atoms with van der Waals surface area (Å²) < 4.78 is 42.2. The van der Waals surface area contributed by atoms with E-state index >= 15 is 0 Å². The Labute approximate surface area is 175 Å². The van der Waals surface area contributed by atoms with Crippen LogP contribution in [0.5, 0.6) is 0 Å². The summed E-state index contributed by atoms with van der Waals surface area (Å²) in [5, 5.41) is 38.2. The molecule has 0 aromatic carbocycles. The number of hydrogen-bond acceptors (Lipinski definition) is 10. The molecule has 2 unspecified atom stereocenters. The smallest absolute Gasteiger partial charge is 0.394 e. The van der Waals surface area contributed by atoms with Gasteiger partial charge in [0.2, 0.25) is 0 Å². The Morgan fingerprint density at radius 1 is 1.07 bits per heavy atom. The highest BCUT2D eigenvalue weighted by Gasteiger charge is 2.48. The second kappa shape index (κ2) is 12.2. The van der Waals surface area contributed by atoms with Gasteiger partial charge in [0, 0.05) is 0 Å². The van der Waals surface area contributed by atoms with Gasteiger partial charge in [-0.3, -0.25) is 9.05 Å². The summed E-state index contributed by atoms with van der Waals surface area (Å²) in [7, 11) is -10.3. The van der Waals surface area contributed by atoms with Crippen molar-refractivity contribution in [3.63, 3.8) is 0 Å². The van der Waals surface area contributed by atoms with Crippen LogP contribution in [0.3, 0.4) is 0 Å². The molecule has 0 aromatic heterocycles. The van der Waals surface area contributed by atoms with E-state index in [1.54, 1.807) is 0 Å². The number of phosphoric acid groups is 2. The predicted molar refractivity (Wildman–Crippen MR) is 104 cm³/mol. The molecule has 1 aliphatic heterocycles. The van der Waals surface area contributed by atoms with Crippen LogP contribution in [0, 0.1) is 5.92 Å². The van der Waals surface area contributed by atoms with Crippen LogP contribution in [-0.4, -0.2) is 74.1 Å². The Morgan fingerprint density at radius 3 is 2.27 bits per heavy atom. The summed E-state index contributed by atoms with van der Waals surface area (Å²) in [5.74, 6) is 0.159. The minimum atomic E-state index is -5.30. The van der Waals surface area contributed by atoms with E-state index in [-0.39, 0.29) is 12.5 Å². The SMILES string of the molecule is CC(C)=CCC[C@@H](C)CCOP(=O)(O)OP(=O)(O)O[C@H]1O[C@H](CO)[C@@H](O)[C@H](O)[C@H]1O. The third-order valence-electron chi connectivity index (χ3n) is 4.37. The predicted octanol–water partition coefficient (Wildman–Crippen LogP) is 0.809. The normalized spacial score (nSPS) is 32.1. The second-order valence-electron chi connectivity index (χ2n) is 7.41. The monoisotopic (exact) mass is 478 g/mol. The Bertz CT molecular complexity index is 650. The zero-order valence-corrected chi connectivity index (χ0v) is 18.9. The van der Waals surface area contributed by atoms with Crippen molar-refractivity contribution in [1.82, 2.24) is 0 Å². The topological polar surface area (TPSA) is 192 Å². The fourth-order valence-electron chi connectivity index (χ4n) is 2.63. The molecular weight excluding hydrogens is 446 g/mol. The Balaban J connectivity index is 2.55. The molecule has 1 heterocycles. The number of allylic oxidation sites excluding steroid dienone is 2. The summed E-state index contributed by atoms with van der Waals surface area (Å²) in [4.78, 5) is 19.4. The van der Waals surface area contributed by atoms with Crippen LogP contribution >= 0.6 is 15.6 Å². The summed E-state index contributed by atoms with van der Waals surface area (Å²) in [6.45, 7) is 4.86. The molecule has 1 saturated heterocycles. The fraction of sp³-hybridized carbons (Fsp3) is 0.875. The van der Waals surface area contributed by atoms with Crippen molar-refractivity contribution in [3.8, 4) is 0 Å². The van der Waals surface area contributed by atoms with Gasteiger partial charge in [-0.1, -0.05) is 18.6 Å². The largest absolute Gasteiger partial charge is 0.483 e. The van der Waals surface area contributed by atoms with Crippen LogP contribution < -0.4 is 0 Å². The van der Waals surface area contributed by atoms with Gasteiger partial charge >= 0.3 is 15.6 Å². The molecule has 1 fully saturated rings. The molecule has 30 heavy (non-hydrogen) atoms. The molecule has 8 atom stereocenters. The molecule has 178 valence electrons. The minimum Gasteiger partial charge on any atom is -0.394 e. The summed E-state index contributed by atoms with van der Waals surface area (Å²) in [6.07, 6.45) is -4.87. The molecule has 12 nitrogen and oxygen atoms in total. The number of aliphatic hydroxyl groups excluding tert-OH is 4. The van der Waals surface area contributed by atoms with Crippen molar-refractivity contribution in [2.45, 2.75) is 70.7 Å². The van der Waals surface area contributed by atoms with Crippen LogP contribution in [-0.2, 0) is 27.2 Å². The lowest BCUT2D eigenvalue weighted by atomic mass is 10.00. The standard InChI is InChI=1S/C16H32O12P2/c1-10(2)5-4-6-11(3)7-8-25-29(21,22)28-30(23,24)27-16-15(20)14(19)13(18)12(9-17)26-16/h5,11-20H,4,6-9H2,1-3H3,(H,21,22)(H,23,24)/t11-,12-,13-,14+,15-,16-/m1/s1. The average molecular weight is 478 g/mol. The lowest BCUT2D eigenvalue weighted by Crippen LogP contribution is -2.58. The van der Waals surface area contributed by atoms with E-state index in [0.29, 0.717) is 6.42 Å². The molecule has 0 saturated carbocycles. The quantitative estimate of drug-likeness (QED) is 0.171. The van der Waals surface area contributed by atoms with Gasteiger partial charge in [0.25, 0.3) is 0 Å². The first-order chi connectivity index (χ1) is 13.8. The highest BCUT2D eigenvalue weighted by Crippen LogP contribution is 2.61. The van der Waals surface area contributed by atoms with Crippen LogP contribution in [0.4, 0.5) is 0 Å². The number of hydrogen-bond donors (Lipinski definition) is 6. The third kappa shape index (κ3) is 9.52. The van der Waals surface area contributed by atoms with Gasteiger partial charge in [-0.25, -0.2) is 9.13 Å². The maximum atomic E-state index is 12.0. The van der Waals surface area contributed by atoms with Gasteiger partial charge in [-0.05, 0) is 39.0 Å². The van der Waals surface area contributed by atoms with Crippen molar-refractivity contribution in [2.24, 2.45) is 5.92 Å². The van der Waals surface area contributed by atoms with Crippen molar-refractivity contribution in [1.29, 1.82) is 0 Å². The van der Waals surface area contributed by atoms with Crippen LogP contribution in [0.1, 0.15) is 40.0 Å². The second-order valence-corrected chi connectivity index (χ2v) is 10.4. The van der Waals surface area contributed by atoms with Crippen molar-refractivity contribution >= 4 is 15.6 Å². The van der Waals surface area contributed by atoms with Crippen LogP contribution in [0.2, 0.25) is 0 Å². The highest BCUT2D eigenvalue weighted by atomic mass is 31.3. The number of aliphatic hydroxyl groups is 4. The number of phosphoric ester groups is 2. The van der Waals surface area contributed by atoms with Crippen molar-refractivity contribution < 1.29 is 57.4 Å². The lowest BCUT2D eigenvalue weighted by Gasteiger charge is -2.39. The van der Waals surface area contributed by atoms with Gasteiger partial charge in [0.15, 0.2) is 6.29 Å². The molecule has 0 amide bonds. The molecule has 1 rings (SSSR count). The maximum Gasteiger partial charge on any atom is 0.483 e. The zero-order valence-electron chi connectivity index (χ0n) is 17.1. The Morgan fingerprint density at radius 2 is 1.70 bits per heavy atom. The van der Waals surface area contributed by atoms with E-state index in [1.165, 1.54) is 5.57 Å². The van der Waals surface area contributed by atoms with E-state index < -0.39 is 53.0 Å². The van der Waals surface area contributed by atoms with E-state index in [0.717, 1.165) is 12.8 Å². The highest BCUT2D eigenvalue weighted by molar-refractivity contribution is 7.61. The van der Waals surface area contributed by atoms with E-state index in [9.17, 15) is 34.2 Å². The molecular formula is C16H32O12P2. The molecule has 14 heteroatoms. The number of rotatable bonds is 12. The summed E-state index contributed by atoms with van der Waals surface area (Å²) in [6, 6.07) is 0. The van der Waals surface area contributed by atoms with Crippen molar-refractivity contribution in [3.05, 3.63) is 11.6 Å². The maximum absolute atomic E-state index is 12.0. The van der Waals surface area contributed by atoms with Gasteiger partial charge in [0.1, 0.15) is 24.4 Å². The van der Waals surface area contributed by atoms with Crippen LogP contribution in [0.25, 0.3) is 0 Å².